The third-order valence-corrected chi connectivity index (χ3v) is 4.83. The van der Waals surface area contributed by atoms with Gasteiger partial charge in [0.05, 0.1) is 5.75 Å². The van der Waals surface area contributed by atoms with E-state index in [4.69, 9.17) is 0 Å². The maximum absolute atomic E-state index is 11.4. The van der Waals surface area contributed by atoms with Gasteiger partial charge in [0.1, 0.15) is 0 Å². The molecule has 0 saturated heterocycles. The van der Waals surface area contributed by atoms with Crippen LogP contribution in [0.4, 0.5) is 0 Å². The van der Waals surface area contributed by atoms with Crippen LogP contribution >= 0.6 is 0 Å². The molecule has 1 fully saturated rings. The van der Waals surface area contributed by atoms with Crippen LogP contribution in [-0.4, -0.2) is 20.7 Å². The zero-order chi connectivity index (χ0) is 10.7. The lowest BCUT2D eigenvalue weighted by molar-refractivity contribution is 0.133. The van der Waals surface area contributed by atoms with Crippen molar-refractivity contribution in [3.05, 3.63) is 0 Å². The second kappa shape index (κ2) is 4.62. The van der Waals surface area contributed by atoms with Gasteiger partial charge >= 0.3 is 0 Å². The average Bonchev–Trinajstić information content (AvgIpc) is 2.03. The normalized spacial score (nSPS) is 20.4. The summed E-state index contributed by atoms with van der Waals surface area (Å²) in [5, 5.41) is 0. The van der Waals surface area contributed by atoms with Crippen molar-refractivity contribution in [2.24, 2.45) is 5.41 Å². The fourth-order valence-electron chi connectivity index (χ4n) is 1.94. The minimum atomic E-state index is -3.00. The predicted molar refractivity (Wildman–Crippen MR) is 58.7 cm³/mol. The van der Waals surface area contributed by atoms with E-state index in [0.29, 0.717) is 13.0 Å². The van der Waals surface area contributed by atoms with Gasteiger partial charge in [0, 0.05) is 6.54 Å². The molecule has 0 unspecified atom stereocenters. The Bertz CT molecular complexity index is 262. The topological polar surface area (TPSA) is 46.2 Å². The van der Waals surface area contributed by atoms with Crippen molar-refractivity contribution in [3.63, 3.8) is 0 Å². The zero-order valence-electron chi connectivity index (χ0n) is 9.17. The van der Waals surface area contributed by atoms with Gasteiger partial charge in [0.2, 0.25) is 10.0 Å². The molecule has 1 saturated carbocycles. The fraction of sp³-hybridized carbons (Fsp3) is 1.00. The zero-order valence-corrected chi connectivity index (χ0v) is 9.99. The maximum Gasteiger partial charge on any atom is 0.211 e. The van der Waals surface area contributed by atoms with E-state index < -0.39 is 10.0 Å². The van der Waals surface area contributed by atoms with Crippen LogP contribution in [-0.2, 0) is 10.0 Å². The van der Waals surface area contributed by atoms with Gasteiger partial charge in [0.25, 0.3) is 0 Å². The Hall–Kier alpha value is -0.0900. The monoisotopic (exact) mass is 219 g/mol. The van der Waals surface area contributed by atoms with Crippen LogP contribution in [0, 0.1) is 5.41 Å². The van der Waals surface area contributed by atoms with Crippen molar-refractivity contribution in [3.8, 4) is 0 Å². The molecule has 4 heteroatoms. The summed E-state index contributed by atoms with van der Waals surface area (Å²) in [6.45, 7) is 4.68. The molecule has 0 radical (unpaired) electrons. The van der Waals surface area contributed by atoms with Crippen molar-refractivity contribution in [1.82, 2.24) is 4.72 Å². The molecular formula is C10H21NO2S. The molecule has 0 spiro atoms. The molecule has 1 aliphatic carbocycles. The van der Waals surface area contributed by atoms with E-state index in [1.54, 1.807) is 0 Å². The van der Waals surface area contributed by atoms with Crippen LogP contribution in [0.15, 0.2) is 0 Å². The molecule has 0 aliphatic heterocycles. The van der Waals surface area contributed by atoms with Gasteiger partial charge in [0.15, 0.2) is 0 Å². The quantitative estimate of drug-likeness (QED) is 0.741. The predicted octanol–water partition coefficient (Wildman–Crippen LogP) is 1.90. The molecule has 0 aromatic heterocycles. The maximum atomic E-state index is 11.4. The van der Waals surface area contributed by atoms with Crippen molar-refractivity contribution < 1.29 is 8.42 Å². The van der Waals surface area contributed by atoms with E-state index in [1.165, 1.54) is 19.3 Å². The van der Waals surface area contributed by atoms with E-state index >= 15 is 0 Å². The van der Waals surface area contributed by atoms with Crippen molar-refractivity contribution in [2.75, 3.05) is 12.3 Å². The molecule has 1 N–H and O–H groups in total. The largest absolute Gasteiger partial charge is 0.215 e. The summed E-state index contributed by atoms with van der Waals surface area (Å²) in [5.41, 5.74) is 0.279. The minimum Gasteiger partial charge on any atom is -0.215 e. The van der Waals surface area contributed by atoms with Crippen LogP contribution in [0.3, 0.4) is 0 Å². The van der Waals surface area contributed by atoms with Crippen molar-refractivity contribution >= 4 is 10.0 Å². The molecule has 0 aromatic carbocycles. The number of nitrogens with one attached hydrogen (secondary N) is 1. The molecule has 0 heterocycles. The van der Waals surface area contributed by atoms with Gasteiger partial charge in [-0.25, -0.2) is 13.1 Å². The third-order valence-electron chi connectivity index (χ3n) is 3.30. The Morgan fingerprint density at radius 3 is 2.29 bits per heavy atom. The third kappa shape index (κ3) is 2.95. The molecule has 3 nitrogen and oxygen atoms in total. The van der Waals surface area contributed by atoms with E-state index in [2.05, 4.69) is 11.6 Å². The number of hydrogen-bond acceptors (Lipinski definition) is 2. The summed E-state index contributed by atoms with van der Waals surface area (Å²) in [5.74, 6) is 0.257. The first-order valence-corrected chi connectivity index (χ1v) is 7.16. The van der Waals surface area contributed by atoms with E-state index in [-0.39, 0.29) is 11.2 Å². The standard InChI is InChI=1S/C10H21NO2S/c1-3-8-14(12,13)11-9-10(4-2)6-5-7-10/h11H,3-9H2,1-2H3. The molecule has 0 bridgehead atoms. The fourth-order valence-corrected chi connectivity index (χ4v) is 3.14. The molecule has 0 amide bonds. The van der Waals surface area contributed by atoms with E-state index in [1.807, 2.05) is 6.92 Å². The Balaban J connectivity index is 2.39. The SMILES string of the molecule is CCCS(=O)(=O)NCC1(CC)CCC1. The van der Waals surface area contributed by atoms with Gasteiger partial charge in [-0.2, -0.15) is 0 Å². The van der Waals surface area contributed by atoms with Crippen molar-refractivity contribution in [1.29, 1.82) is 0 Å². The van der Waals surface area contributed by atoms with Gasteiger partial charge in [-0.1, -0.05) is 20.3 Å². The van der Waals surface area contributed by atoms with Crippen LogP contribution in [0.2, 0.25) is 0 Å². The lowest BCUT2D eigenvalue weighted by Crippen LogP contribution is -2.42. The first-order chi connectivity index (χ1) is 6.54. The Morgan fingerprint density at radius 1 is 1.29 bits per heavy atom. The summed E-state index contributed by atoms with van der Waals surface area (Å²) < 4.78 is 25.6. The molecule has 0 aromatic rings. The summed E-state index contributed by atoms with van der Waals surface area (Å²) in [4.78, 5) is 0. The Kier molecular flexibility index (Phi) is 3.95. The Labute approximate surface area is 87.3 Å². The van der Waals surface area contributed by atoms with Crippen LogP contribution < -0.4 is 4.72 Å². The number of hydrogen-bond donors (Lipinski definition) is 1. The van der Waals surface area contributed by atoms with Crippen LogP contribution in [0.5, 0.6) is 0 Å². The summed E-state index contributed by atoms with van der Waals surface area (Å²) in [6, 6.07) is 0. The highest BCUT2D eigenvalue weighted by atomic mass is 32.2. The minimum absolute atomic E-state index is 0.257. The number of sulfonamides is 1. The average molecular weight is 219 g/mol. The lowest BCUT2D eigenvalue weighted by atomic mass is 9.67. The smallest absolute Gasteiger partial charge is 0.211 e. The molecule has 1 rings (SSSR count). The van der Waals surface area contributed by atoms with Gasteiger partial charge < -0.3 is 0 Å². The van der Waals surface area contributed by atoms with Crippen molar-refractivity contribution in [2.45, 2.75) is 46.0 Å². The molecule has 0 atom stereocenters. The van der Waals surface area contributed by atoms with Crippen LogP contribution in [0.1, 0.15) is 46.0 Å². The highest BCUT2D eigenvalue weighted by Gasteiger charge is 2.35. The van der Waals surface area contributed by atoms with Crippen LogP contribution in [0.25, 0.3) is 0 Å². The van der Waals surface area contributed by atoms with E-state index in [9.17, 15) is 8.42 Å². The van der Waals surface area contributed by atoms with Gasteiger partial charge in [-0.3, -0.25) is 0 Å². The lowest BCUT2D eigenvalue weighted by Gasteiger charge is -2.41. The first kappa shape index (κ1) is 12.0. The second-order valence-corrected chi connectivity index (χ2v) is 6.27. The highest BCUT2D eigenvalue weighted by molar-refractivity contribution is 7.89. The summed E-state index contributed by atoms with van der Waals surface area (Å²) in [6.07, 6.45) is 5.38. The molecule has 1 aliphatic rings. The van der Waals surface area contributed by atoms with E-state index in [0.717, 1.165) is 6.42 Å². The van der Waals surface area contributed by atoms with Gasteiger partial charge in [-0.05, 0) is 31.1 Å². The first-order valence-electron chi connectivity index (χ1n) is 5.51. The molecular weight excluding hydrogens is 198 g/mol. The summed E-state index contributed by atoms with van der Waals surface area (Å²) >= 11 is 0. The summed E-state index contributed by atoms with van der Waals surface area (Å²) in [7, 11) is -3.00. The van der Waals surface area contributed by atoms with Gasteiger partial charge in [-0.15, -0.1) is 0 Å². The second-order valence-electron chi connectivity index (χ2n) is 4.35. The molecule has 14 heavy (non-hydrogen) atoms. The molecule has 84 valence electrons. The number of rotatable bonds is 6. The Morgan fingerprint density at radius 2 is 1.93 bits per heavy atom. The highest BCUT2D eigenvalue weighted by Crippen LogP contribution is 2.43.